The Hall–Kier alpha value is -2.15. The molecule has 0 spiro atoms. The van der Waals surface area contributed by atoms with Crippen molar-refractivity contribution in [3.05, 3.63) is 80.9 Å². The first-order valence-electron chi connectivity index (χ1n) is 7.85. The van der Waals surface area contributed by atoms with Gasteiger partial charge in [0.2, 0.25) is 0 Å². The molecule has 0 aliphatic rings. The summed E-state index contributed by atoms with van der Waals surface area (Å²) in [6.07, 6.45) is 3.44. The van der Waals surface area contributed by atoms with Crippen LogP contribution in [0, 0.1) is 0 Å². The maximum absolute atomic E-state index is 12.6. The number of rotatable bonds is 4. The van der Waals surface area contributed by atoms with E-state index in [9.17, 15) is 4.79 Å². The van der Waals surface area contributed by atoms with Crippen LogP contribution in [0.2, 0.25) is 5.02 Å². The average Bonchev–Trinajstić information content (AvgIpc) is 3.22. The van der Waals surface area contributed by atoms with Crippen LogP contribution in [0.25, 0.3) is 10.1 Å². The highest BCUT2D eigenvalue weighted by molar-refractivity contribution is 9.10. The molecule has 130 valence electrons. The predicted octanol–water partition coefficient (Wildman–Crippen LogP) is 5.81. The molecule has 0 saturated heterocycles. The molecule has 2 aromatic carbocycles. The lowest BCUT2D eigenvalue weighted by Gasteiger charge is -2.02. The Labute approximate surface area is 167 Å². The largest absolute Gasteiger partial charge is 0.319 e. The number of amides is 1. The summed E-state index contributed by atoms with van der Waals surface area (Å²) in [6.45, 7) is 0.632. The van der Waals surface area contributed by atoms with Gasteiger partial charge in [0.1, 0.15) is 4.88 Å². The van der Waals surface area contributed by atoms with Crippen molar-refractivity contribution in [3.8, 4) is 0 Å². The molecule has 0 saturated carbocycles. The van der Waals surface area contributed by atoms with E-state index in [2.05, 4.69) is 26.3 Å². The second kappa shape index (κ2) is 7.23. The molecule has 26 heavy (non-hydrogen) atoms. The number of aromatic nitrogens is 2. The van der Waals surface area contributed by atoms with Gasteiger partial charge in [0, 0.05) is 20.8 Å². The predicted molar refractivity (Wildman–Crippen MR) is 110 cm³/mol. The van der Waals surface area contributed by atoms with E-state index < -0.39 is 0 Å². The summed E-state index contributed by atoms with van der Waals surface area (Å²) in [5, 5.41) is 8.57. The second-order valence-electron chi connectivity index (χ2n) is 5.75. The van der Waals surface area contributed by atoms with Crippen LogP contribution in [0.3, 0.4) is 0 Å². The summed E-state index contributed by atoms with van der Waals surface area (Å²) in [5.41, 5.74) is 1.77. The van der Waals surface area contributed by atoms with Crippen LogP contribution in [0.4, 0.5) is 5.69 Å². The Morgan fingerprint density at radius 2 is 1.96 bits per heavy atom. The minimum atomic E-state index is -0.223. The summed E-state index contributed by atoms with van der Waals surface area (Å²) in [4.78, 5) is 13.1. The molecule has 0 atom stereocenters. The van der Waals surface area contributed by atoms with E-state index in [1.54, 1.807) is 17.1 Å². The molecule has 0 aliphatic carbocycles. The summed E-state index contributed by atoms with van der Waals surface area (Å²) in [7, 11) is 0. The van der Waals surface area contributed by atoms with Crippen molar-refractivity contribution in [1.29, 1.82) is 0 Å². The van der Waals surface area contributed by atoms with E-state index in [0.717, 1.165) is 20.1 Å². The first-order valence-corrected chi connectivity index (χ1v) is 9.84. The van der Waals surface area contributed by atoms with Crippen molar-refractivity contribution in [3.63, 3.8) is 0 Å². The quantitative estimate of drug-likeness (QED) is 0.430. The zero-order valence-electron chi connectivity index (χ0n) is 13.4. The van der Waals surface area contributed by atoms with E-state index in [-0.39, 0.29) is 5.91 Å². The zero-order chi connectivity index (χ0) is 18.1. The van der Waals surface area contributed by atoms with E-state index in [4.69, 9.17) is 11.6 Å². The van der Waals surface area contributed by atoms with Gasteiger partial charge in [-0.25, -0.2) is 0 Å². The molecule has 0 aliphatic heterocycles. The fraction of sp³-hybridized carbons (Fsp3) is 0.0526. The molecule has 4 nitrogen and oxygen atoms in total. The first kappa shape index (κ1) is 17.3. The highest BCUT2D eigenvalue weighted by Gasteiger charge is 2.17. The number of hydrogen-bond acceptors (Lipinski definition) is 3. The fourth-order valence-corrected chi connectivity index (χ4v) is 4.32. The number of carbonyl (C=O) groups excluding carboxylic acids is 1. The van der Waals surface area contributed by atoms with Gasteiger partial charge in [0.15, 0.2) is 0 Å². The number of anilines is 1. The van der Waals surface area contributed by atoms with E-state index in [1.807, 2.05) is 48.5 Å². The third-order valence-electron chi connectivity index (χ3n) is 3.89. The molecule has 4 rings (SSSR count). The van der Waals surface area contributed by atoms with Gasteiger partial charge in [-0.1, -0.05) is 57.9 Å². The second-order valence-corrected chi connectivity index (χ2v) is 8.09. The van der Waals surface area contributed by atoms with Crippen LogP contribution in [-0.4, -0.2) is 15.7 Å². The van der Waals surface area contributed by atoms with Crippen LogP contribution in [0.5, 0.6) is 0 Å². The van der Waals surface area contributed by atoms with Crippen molar-refractivity contribution >= 4 is 60.5 Å². The SMILES string of the molecule is O=C(Nc1cnn(Cc2ccc(Br)cc2)c1)c1sc2ccccc2c1Cl. The third-order valence-corrected chi connectivity index (χ3v) is 6.09. The Morgan fingerprint density at radius 3 is 2.73 bits per heavy atom. The van der Waals surface area contributed by atoms with E-state index >= 15 is 0 Å². The highest BCUT2D eigenvalue weighted by Crippen LogP contribution is 2.35. The van der Waals surface area contributed by atoms with Crippen LogP contribution in [0.15, 0.2) is 65.4 Å². The maximum atomic E-state index is 12.6. The number of carbonyl (C=O) groups is 1. The molecular weight excluding hydrogens is 434 g/mol. The maximum Gasteiger partial charge on any atom is 0.267 e. The molecule has 1 amide bonds. The molecule has 0 bridgehead atoms. The number of hydrogen-bond donors (Lipinski definition) is 1. The smallest absolute Gasteiger partial charge is 0.267 e. The number of nitrogens with zero attached hydrogens (tertiary/aromatic N) is 2. The van der Waals surface area contributed by atoms with Gasteiger partial charge in [-0.2, -0.15) is 5.10 Å². The van der Waals surface area contributed by atoms with Gasteiger partial charge < -0.3 is 5.32 Å². The number of benzene rings is 2. The van der Waals surface area contributed by atoms with Crippen LogP contribution >= 0.6 is 38.9 Å². The normalized spacial score (nSPS) is 11.0. The Balaban J connectivity index is 1.50. The minimum absolute atomic E-state index is 0.223. The lowest BCUT2D eigenvalue weighted by molar-refractivity contribution is 0.103. The summed E-state index contributed by atoms with van der Waals surface area (Å²) in [6, 6.07) is 15.8. The van der Waals surface area contributed by atoms with Gasteiger partial charge in [0.05, 0.1) is 23.5 Å². The third kappa shape index (κ3) is 3.53. The number of halogens is 2. The first-order chi connectivity index (χ1) is 12.6. The van der Waals surface area contributed by atoms with Gasteiger partial charge in [-0.15, -0.1) is 11.3 Å². The van der Waals surface area contributed by atoms with Crippen molar-refractivity contribution in [1.82, 2.24) is 9.78 Å². The Morgan fingerprint density at radius 1 is 1.19 bits per heavy atom. The molecule has 0 fully saturated rings. The molecule has 1 N–H and O–H groups in total. The van der Waals surface area contributed by atoms with Gasteiger partial charge >= 0.3 is 0 Å². The molecule has 0 unspecified atom stereocenters. The monoisotopic (exact) mass is 445 g/mol. The molecule has 0 radical (unpaired) electrons. The lowest BCUT2D eigenvalue weighted by atomic mass is 10.2. The molecule has 2 aromatic heterocycles. The van der Waals surface area contributed by atoms with Gasteiger partial charge in [-0.3, -0.25) is 9.48 Å². The zero-order valence-corrected chi connectivity index (χ0v) is 16.6. The number of nitrogens with one attached hydrogen (secondary N) is 1. The standard InChI is InChI=1S/C19H13BrClN3OS/c20-13-7-5-12(6-8-13)10-24-11-14(9-22-24)23-19(25)18-17(21)15-3-1-2-4-16(15)26-18/h1-9,11H,10H2,(H,23,25). The van der Waals surface area contributed by atoms with Crippen molar-refractivity contribution in [2.24, 2.45) is 0 Å². The van der Waals surface area contributed by atoms with Crippen molar-refractivity contribution < 1.29 is 4.79 Å². The van der Waals surface area contributed by atoms with Crippen LogP contribution in [0.1, 0.15) is 15.2 Å². The topological polar surface area (TPSA) is 46.9 Å². The average molecular weight is 447 g/mol. The van der Waals surface area contributed by atoms with E-state index in [1.165, 1.54) is 11.3 Å². The fourth-order valence-electron chi connectivity index (χ4n) is 2.64. The minimum Gasteiger partial charge on any atom is -0.319 e. The van der Waals surface area contributed by atoms with Crippen molar-refractivity contribution in [2.75, 3.05) is 5.32 Å². The number of thiophene rings is 1. The Bertz CT molecular complexity index is 1090. The van der Waals surface area contributed by atoms with Crippen LogP contribution in [-0.2, 0) is 6.54 Å². The van der Waals surface area contributed by atoms with Crippen LogP contribution < -0.4 is 5.32 Å². The Kier molecular flexibility index (Phi) is 4.80. The highest BCUT2D eigenvalue weighted by atomic mass is 79.9. The molecule has 2 heterocycles. The summed E-state index contributed by atoms with van der Waals surface area (Å²) in [5.74, 6) is -0.223. The summed E-state index contributed by atoms with van der Waals surface area (Å²) < 4.78 is 3.81. The summed E-state index contributed by atoms with van der Waals surface area (Å²) >= 11 is 11.2. The van der Waals surface area contributed by atoms with E-state index in [0.29, 0.717) is 22.1 Å². The lowest BCUT2D eigenvalue weighted by Crippen LogP contribution is -2.10. The van der Waals surface area contributed by atoms with Gasteiger partial charge in [0.25, 0.3) is 5.91 Å². The molecule has 4 aromatic rings. The molecular formula is C19H13BrClN3OS. The number of fused-ring (bicyclic) bond motifs is 1. The molecule has 7 heteroatoms. The van der Waals surface area contributed by atoms with Crippen molar-refractivity contribution in [2.45, 2.75) is 6.54 Å². The van der Waals surface area contributed by atoms with Gasteiger partial charge in [-0.05, 0) is 23.8 Å².